The van der Waals surface area contributed by atoms with Crippen LogP contribution in [0.5, 0.6) is 0 Å². The first kappa shape index (κ1) is 20.3. The van der Waals surface area contributed by atoms with Crippen molar-refractivity contribution in [2.75, 3.05) is 17.7 Å². The van der Waals surface area contributed by atoms with Crippen LogP contribution >= 0.6 is 23.4 Å². The zero-order valence-corrected chi connectivity index (χ0v) is 16.0. The number of thioether (sulfide) groups is 1. The van der Waals surface area contributed by atoms with Gasteiger partial charge in [0.1, 0.15) is 5.82 Å². The number of nitrogens with one attached hydrogen (secondary N) is 1. The van der Waals surface area contributed by atoms with Crippen molar-refractivity contribution in [3.63, 3.8) is 0 Å². The molecule has 0 unspecified atom stereocenters. The molecule has 0 saturated heterocycles. The van der Waals surface area contributed by atoms with Crippen molar-refractivity contribution >= 4 is 40.9 Å². The number of carbonyl (C=O) groups excluding carboxylic acids is 2. The Morgan fingerprint density at radius 2 is 2.04 bits per heavy atom. The average Bonchev–Trinajstić information content (AvgIpc) is 2.59. The quantitative estimate of drug-likeness (QED) is 0.682. The van der Waals surface area contributed by atoms with Crippen LogP contribution in [-0.4, -0.2) is 24.2 Å². The maximum absolute atomic E-state index is 13.7. The lowest BCUT2D eigenvalue weighted by Gasteiger charge is -2.10. The Labute approximate surface area is 161 Å². The number of ether oxygens (including phenoxy) is 1. The topological polar surface area (TPSA) is 55.4 Å². The summed E-state index contributed by atoms with van der Waals surface area (Å²) in [5.74, 6) is -0.528. The molecule has 1 N–H and O–H groups in total. The number of rotatable bonds is 7. The van der Waals surface area contributed by atoms with Crippen molar-refractivity contribution in [3.05, 3.63) is 63.9 Å². The minimum Gasteiger partial charge on any atom is -0.462 e. The van der Waals surface area contributed by atoms with Crippen LogP contribution in [0.4, 0.5) is 10.1 Å². The first-order valence-electron chi connectivity index (χ1n) is 8.00. The van der Waals surface area contributed by atoms with Crippen molar-refractivity contribution in [1.82, 2.24) is 0 Å². The van der Waals surface area contributed by atoms with Crippen LogP contribution < -0.4 is 5.32 Å². The molecule has 0 aromatic heterocycles. The van der Waals surface area contributed by atoms with Crippen molar-refractivity contribution in [2.45, 2.75) is 19.6 Å². The first-order chi connectivity index (χ1) is 12.4. The van der Waals surface area contributed by atoms with E-state index in [0.717, 1.165) is 5.56 Å². The number of hydrogen-bond donors (Lipinski definition) is 1. The molecule has 2 rings (SSSR count). The normalized spacial score (nSPS) is 10.5. The maximum Gasteiger partial charge on any atom is 0.338 e. The van der Waals surface area contributed by atoms with Crippen molar-refractivity contribution in [1.29, 1.82) is 0 Å². The minimum atomic E-state index is -0.397. The van der Waals surface area contributed by atoms with Gasteiger partial charge in [0.05, 0.1) is 17.9 Å². The second-order valence-electron chi connectivity index (χ2n) is 5.49. The summed E-state index contributed by atoms with van der Waals surface area (Å²) in [6.45, 7) is 3.84. The third-order valence-corrected chi connectivity index (χ3v) is 4.87. The van der Waals surface area contributed by atoms with Crippen LogP contribution in [0.3, 0.4) is 0 Å². The third-order valence-electron chi connectivity index (χ3n) is 3.55. The third kappa shape index (κ3) is 5.47. The molecule has 0 bridgehead atoms. The predicted molar refractivity (Wildman–Crippen MR) is 103 cm³/mol. The van der Waals surface area contributed by atoms with E-state index in [1.165, 1.54) is 17.8 Å². The summed E-state index contributed by atoms with van der Waals surface area (Å²) < 4.78 is 18.6. The highest BCUT2D eigenvalue weighted by molar-refractivity contribution is 7.99. The minimum absolute atomic E-state index is 0.156. The SMILES string of the molecule is CCOC(=O)c1ccc(NC(=O)CSCc2c(F)cccc2Cl)c(C)c1. The molecule has 0 aliphatic carbocycles. The molecule has 0 atom stereocenters. The van der Waals surface area contributed by atoms with Gasteiger partial charge in [0.25, 0.3) is 0 Å². The smallest absolute Gasteiger partial charge is 0.338 e. The summed E-state index contributed by atoms with van der Waals surface area (Å²) in [5, 5.41) is 3.14. The highest BCUT2D eigenvalue weighted by Crippen LogP contribution is 2.24. The van der Waals surface area contributed by atoms with Gasteiger partial charge in [-0.3, -0.25) is 4.79 Å². The fourth-order valence-corrected chi connectivity index (χ4v) is 3.41. The Morgan fingerprint density at radius 1 is 1.27 bits per heavy atom. The van der Waals surface area contributed by atoms with Gasteiger partial charge in [-0.2, -0.15) is 0 Å². The van der Waals surface area contributed by atoms with E-state index in [0.29, 0.717) is 34.2 Å². The van der Waals surface area contributed by atoms with Gasteiger partial charge < -0.3 is 10.1 Å². The highest BCUT2D eigenvalue weighted by atomic mass is 35.5. The number of amides is 1. The molecule has 2 aromatic carbocycles. The molecule has 0 heterocycles. The molecule has 7 heteroatoms. The second-order valence-corrected chi connectivity index (χ2v) is 6.88. The largest absolute Gasteiger partial charge is 0.462 e. The molecule has 4 nitrogen and oxygen atoms in total. The van der Waals surface area contributed by atoms with Gasteiger partial charge in [0.2, 0.25) is 5.91 Å². The average molecular weight is 396 g/mol. The number of carbonyl (C=O) groups is 2. The van der Waals surface area contributed by atoms with Crippen LogP contribution in [-0.2, 0) is 15.3 Å². The van der Waals surface area contributed by atoms with E-state index < -0.39 is 5.97 Å². The fourth-order valence-electron chi connectivity index (χ4n) is 2.25. The number of halogens is 2. The number of esters is 1. The number of benzene rings is 2. The van der Waals surface area contributed by atoms with Gasteiger partial charge in [-0.25, -0.2) is 9.18 Å². The van der Waals surface area contributed by atoms with Gasteiger partial charge >= 0.3 is 5.97 Å². The molecule has 0 aliphatic rings. The van der Waals surface area contributed by atoms with E-state index in [1.54, 1.807) is 44.2 Å². The first-order valence-corrected chi connectivity index (χ1v) is 9.54. The summed E-state index contributed by atoms with van der Waals surface area (Å²) in [6.07, 6.45) is 0. The van der Waals surface area contributed by atoms with Crippen molar-refractivity contribution in [2.24, 2.45) is 0 Å². The van der Waals surface area contributed by atoms with E-state index in [-0.39, 0.29) is 17.5 Å². The van der Waals surface area contributed by atoms with E-state index in [9.17, 15) is 14.0 Å². The van der Waals surface area contributed by atoms with E-state index in [1.807, 2.05) is 0 Å². The zero-order valence-electron chi connectivity index (χ0n) is 14.5. The van der Waals surface area contributed by atoms with Gasteiger partial charge in [-0.05, 0) is 49.7 Å². The Balaban J connectivity index is 1.90. The molecule has 26 heavy (non-hydrogen) atoms. The molecular weight excluding hydrogens is 377 g/mol. The predicted octanol–water partition coefficient (Wildman–Crippen LogP) is 4.84. The molecule has 0 aliphatic heterocycles. The molecule has 0 radical (unpaired) electrons. The fraction of sp³-hybridized carbons (Fsp3) is 0.263. The Hall–Kier alpha value is -2.05. The van der Waals surface area contributed by atoms with Crippen molar-refractivity contribution < 1.29 is 18.7 Å². The maximum atomic E-state index is 13.7. The van der Waals surface area contributed by atoms with Crippen LogP contribution in [0.25, 0.3) is 0 Å². The summed E-state index contributed by atoms with van der Waals surface area (Å²) in [6, 6.07) is 9.44. The van der Waals surface area contributed by atoms with Crippen LogP contribution in [0, 0.1) is 12.7 Å². The van der Waals surface area contributed by atoms with Gasteiger partial charge in [0.15, 0.2) is 0 Å². The van der Waals surface area contributed by atoms with Crippen molar-refractivity contribution in [3.8, 4) is 0 Å². The molecule has 1 amide bonds. The van der Waals surface area contributed by atoms with Crippen LogP contribution in [0.1, 0.15) is 28.4 Å². The molecular formula is C19H19ClFNO3S. The number of hydrogen-bond acceptors (Lipinski definition) is 4. The summed E-state index contributed by atoms with van der Waals surface area (Å²) in [5.41, 5.74) is 2.20. The van der Waals surface area contributed by atoms with E-state index in [4.69, 9.17) is 16.3 Å². The molecule has 0 fully saturated rings. The summed E-state index contributed by atoms with van der Waals surface area (Å²) in [7, 11) is 0. The lowest BCUT2D eigenvalue weighted by molar-refractivity contribution is -0.113. The van der Waals surface area contributed by atoms with Crippen LogP contribution in [0.15, 0.2) is 36.4 Å². The van der Waals surface area contributed by atoms with Gasteiger partial charge in [0, 0.05) is 22.0 Å². The molecule has 2 aromatic rings. The summed E-state index contributed by atoms with van der Waals surface area (Å²) in [4.78, 5) is 23.8. The number of aryl methyl sites for hydroxylation is 1. The molecule has 0 spiro atoms. The highest BCUT2D eigenvalue weighted by Gasteiger charge is 2.12. The van der Waals surface area contributed by atoms with Gasteiger partial charge in [-0.15, -0.1) is 11.8 Å². The lowest BCUT2D eigenvalue weighted by atomic mass is 10.1. The summed E-state index contributed by atoms with van der Waals surface area (Å²) >= 11 is 7.24. The lowest BCUT2D eigenvalue weighted by Crippen LogP contribution is -2.15. The monoisotopic (exact) mass is 395 g/mol. The Morgan fingerprint density at radius 3 is 2.69 bits per heavy atom. The second kappa shape index (κ2) is 9.59. The number of anilines is 1. The van der Waals surface area contributed by atoms with Gasteiger partial charge in [-0.1, -0.05) is 17.7 Å². The van der Waals surface area contributed by atoms with E-state index >= 15 is 0 Å². The Kier molecular flexibility index (Phi) is 7.48. The standard InChI is InChI=1S/C19H19ClFNO3S/c1-3-25-19(24)13-7-8-17(12(2)9-13)22-18(23)11-26-10-14-15(20)5-4-6-16(14)21/h4-9H,3,10-11H2,1-2H3,(H,22,23). The Bertz CT molecular complexity index is 793. The molecule has 138 valence electrons. The zero-order chi connectivity index (χ0) is 19.1. The van der Waals surface area contributed by atoms with E-state index in [2.05, 4.69) is 5.32 Å². The molecule has 0 saturated carbocycles. The van der Waals surface area contributed by atoms with Crippen LogP contribution in [0.2, 0.25) is 5.02 Å².